The third kappa shape index (κ3) is 4.29. The van der Waals surface area contributed by atoms with E-state index in [4.69, 9.17) is 12.2 Å². The zero-order valence-electron chi connectivity index (χ0n) is 6.26. The van der Waals surface area contributed by atoms with Gasteiger partial charge in [0.15, 0.2) is 0 Å². The van der Waals surface area contributed by atoms with Gasteiger partial charge in [0.25, 0.3) is 0 Å². The van der Waals surface area contributed by atoms with Crippen molar-refractivity contribution < 1.29 is 11.3 Å². The largest absolute Gasteiger partial charge is 0.480 e. The fraction of sp³-hybridized carbons (Fsp3) is 0.800. The van der Waals surface area contributed by atoms with E-state index in [0.29, 0.717) is 5.75 Å². The molecule has 0 saturated heterocycles. The molecule has 0 radical (unpaired) electrons. The maximum atomic E-state index is 10.2. The Bertz CT molecular complexity index is 129. The maximum Gasteiger partial charge on any atom is 0.320 e. The van der Waals surface area contributed by atoms with Gasteiger partial charge in [0.1, 0.15) is 6.02 Å². The molecule has 0 rings (SSSR count). The minimum atomic E-state index is -1.80. The molecule has 0 saturated carbocycles. The van der Waals surface area contributed by atoms with Gasteiger partial charge in [-0.3, -0.25) is 4.79 Å². The van der Waals surface area contributed by atoms with E-state index >= 15 is 0 Å². The van der Waals surface area contributed by atoms with Crippen LogP contribution in [0.25, 0.3) is 0 Å². The predicted molar refractivity (Wildman–Crippen MR) is 38.6 cm³/mol. The molecule has 0 amide bonds. The molecule has 0 bridgehead atoms. The van der Waals surface area contributed by atoms with Crippen molar-refractivity contribution in [2.24, 2.45) is 5.73 Å². The smallest absolute Gasteiger partial charge is 0.320 e. The van der Waals surface area contributed by atoms with Crippen LogP contribution in [0, 0.1) is 0 Å². The number of carbonyl (C=O) groups is 1. The van der Waals surface area contributed by atoms with Crippen molar-refractivity contribution >= 4 is 17.7 Å². The summed E-state index contributed by atoms with van der Waals surface area (Å²) in [5.74, 6) is -0.659. The van der Waals surface area contributed by atoms with Crippen LogP contribution in [0.1, 0.15) is 7.79 Å². The first-order chi connectivity index (χ1) is 4.50. The summed E-state index contributed by atoms with van der Waals surface area (Å²) >= 11 is 1.48. The number of thioether (sulfide) groups is 1. The van der Waals surface area contributed by atoms with Crippen molar-refractivity contribution in [3.63, 3.8) is 0 Å². The molecule has 0 aromatic carbocycles. The molecule has 54 valence electrons. The lowest BCUT2D eigenvalue weighted by Crippen LogP contribution is -2.30. The molecule has 0 aromatic rings. The molecule has 0 fully saturated rings. The van der Waals surface area contributed by atoms with E-state index in [1.807, 2.05) is 6.26 Å². The monoisotopic (exact) mass is 150 g/mol. The Kier molecular flexibility index (Phi) is 3.55. The molecule has 0 aliphatic rings. The number of carboxylic acid groups (broad SMARTS) is 1. The summed E-state index contributed by atoms with van der Waals surface area (Å²) in [7, 11) is 0. The Morgan fingerprint density at radius 2 is 2.67 bits per heavy atom. The molecule has 0 aromatic heterocycles. The van der Waals surface area contributed by atoms with Crippen LogP contribution in [0.3, 0.4) is 0 Å². The Labute approximate surface area is 60.0 Å². The van der Waals surface area contributed by atoms with E-state index in [-0.39, 0.29) is 6.42 Å². The van der Waals surface area contributed by atoms with Crippen LogP contribution in [-0.4, -0.2) is 29.1 Å². The Hall–Kier alpha value is -0.220. The van der Waals surface area contributed by atoms with E-state index in [1.54, 1.807) is 0 Å². The minimum absolute atomic E-state index is 0.184. The number of hydrogen-bond donors (Lipinski definition) is 2. The normalized spacial score (nSPS) is 18.2. The summed E-state index contributed by atoms with van der Waals surface area (Å²) in [6, 6.07) is -1.80. The molecule has 9 heavy (non-hydrogen) atoms. The fourth-order valence-electron chi connectivity index (χ4n) is 0.319. The molecule has 3 N–H and O–H groups in total. The zero-order valence-corrected chi connectivity index (χ0v) is 6.07. The third-order valence-corrected chi connectivity index (χ3v) is 1.46. The van der Waals surface area contributed by atoms with Crippen molar-refractivity contribution in [1.29, 1.82) is 0 Å². The lowest BCUT2D eigenvalue weighted by Gasteiger charge is -2.02. The summed E-state index contributed by atoms with van der Waals surface area (Å²) in [6.45, 7) is 0. The third-order valence-electron chi connectivity index (χ3n) is 0.850. The lowest BCUT2D eigenvalue weighted by atomic mass is 10.2. The number of nitrogens with two attached hydrogens (primary N) is 1. The van der Waals surface area contributed by atoms with Gasteiger partial charge in [-0.2, -0.15) is 11.8 Å². The number of hydrogen-bond acceptors (Lipinski definition) is 3. The SMILES string of the molecule is [2H][C@](N)(CCSC)C(=O)O. The zero-order chi connectivity index (χ0) is 8.20. The van der Waals surface area contributed by atoms with Crippen LogP contribution in [0.2, 0.25) is 0 Å². The van der Waals surface area contributed by atoms with Gasteiger partial charge in [0, 0.05) is 0 Å². The van der Waals surface area contributed by atoms with E-state index in [0.717, 1.165) is 0 Å². The molecular weight excluding hydrogens is 138 g/mol. The van der Waals surface area contributed by atoms with Crippen molar-refractivity contribution in [2.75, 3.05) is 12.0 Å². The van der Waals surface area contributed by atoms with E-state index in [2.05, 4.69) is 0 Å². The van der Waals surface area contributed by atoms with Gasteiger partial charge in [-0.15, -0.1) is 0 Å². The predicted octanol–water partition coefficient (Wildman–Crippen LogP) is 0.151. The van der Waals surface area contributed by atoms with Gasteiger partial charge < -0.3 is 10.8 Å². The highest BCUT2D eigenvalue weighted by molar-refractivity contribution is 7.98. The molecule has 0 heterocycles. The van der Waals surface area contributed by atoms with Crippen LogP contribution in [0.5, 0.6) is 0 Å². The van der Waals surface area contributed by atoms with Crippen molar-refractivity contribution in [3.05, 3.63) is 0 Å². The van der Waals surface area contributed by atoms with Crippen LogP contribution >= 0.6 is 11.8 Å². The summed E-state index contributed by atoms with van der Waals surface area (Å²) in [5, 5.41) is 8.35. The summed E-state index contributed by atoms with van der Waals surface area (Å²) < 4.78 is 7.05. The van der Waals surface area contributed by atoms with Crippen molar-refractivity contribution in [2.45, 2.75) is 12.4 Å². The van der Waals surface area contributed by atoms with Gasteiger partial charge in [0.2, 0.25) is 0 Å². The second kappa shape index (κ2) is 4.64. The van der Waals surface area contributed by atoms with Gasteiger partial charge in [-0.05, 0) is 18.4 Å². The molecular formula is C5H11NO2S. The standard InChI is InChI=1S/C5H11NO2S/c1-9-3-2-4(6)5(7)8/h4H,2-3,6H2,1H3,(H,7,8)/t4-/m0/s1/i4D. The highest BCUT2D eigenvalue weighted by atomic mass is 32.2. The molecule has 1 atom stereocenters. The maximum absolute atomic E-state index is 10.2. The Balaban J connectivity index is 3.75. The number of carboxylic acids is 1. The number of rotatable bonds is 4. The minimum Gasteiger partial charge on any atom is -0.480 e. The summed E-state index contributed by atoms with van der Waals surface area (Å²) in [4.78, 5) is 10.2. The van der Waals surface area contributed by atoms with Crippen LogP contribution in [0.15, 0.2) is 0 Å². The van der Waals surface area contributed by atoms with E-state index < -0.39 is 12.0 Å². The molecule has 0 unspecified atom stereocenters. The first-order valence-electron chi connectivity index (χ1n) is 3.02. The Morgan fingerprint density at radius 3 is 3.00 bits per heavy atom. The van der Waals surface area contributed by atoms with Crippen molar-refractivity contribution in [3.8, 4) is 0 Å². The fourth-order valence-corrected chi connectivity index (χ4v) is 0.743. The molecule has 4 heteroatoms. The first kappa shape index (κ1) is 6.89. The molecule has 0 aliphatic carbocycles. The average molecular weight is 150 g/mol. The number of aliphatic carboxylic acids is 1. The van der Waals surface area contributed by atoms with Crippen molar-refractivity contribution in [1.82, 2.24) is 0 Å². The van der Waals surface area contributed by atoms with E-state index in [9.17, 15) is 4.79 Å². The Morgan fingerprint density at radius 1 is 2.11 bits per heavy atom. The second-order valence-corrected chi connectivity index (χ2v) is 2.56. The van der Waals surface area contributed by atoms with Gasteiger partial charge >= 0.3 is 5.97 Å². The van der Waals surface area contributed by atoms with Crippen LogP contribution in [0.4, 0.5) is 0 Å². The van der Waals surface area contributed by atoms with Gasteiger partial charge in [0.05, 0.1) is 1.37 Å². The van der Waals surface area contributed by atoms with Gasteiger partial charge in [-0.25, -0.2) is 0 Å². The van der Waals surface area contributed by atoms with Crippen LogP contribution < -0.4 is 5.73 Å². The van der Waals surface area contributed by atoms with Gasteiger partial charge in [-0.1, -0.05) is 0 Å². The molecule has 0 aliphatic heterocycles. The average Bonchev–Trinajstić information content (AvgIpc) is 1.84. The topological polar surface area (TPSA) is 63.3 Å². The molecule has 0 spiro atoms. The molecule has 3 nitrogen and oxygen atoms in total. The quantitative estimate of drug-likeness (QED) is 0.599. The highest BCUT2D eigenvalue weighted by Gasteiger charge is 2.08. The van der Waals surface area contributed by atoms with Crippen LogP contribution in [-0.2, 0) is 4.79 Å². The summed E-state index contributed by atoms with van der Waals surface area (Å²) in [5.41, 5.74) is 5.10. The summed E-state index contributed by atoms with van der Waals surface area (Å²) in [6.07, 6.45) is 2.03. The first-order valence-corrected chi connectivity index (χ1v) is 3.91. The lowest BCUT2D eigenvalue weighted by molar-refractivity contribution is -0.138. The highest BCUT2D eigenvalue weighted by Crippen LogP contribution is 1.97. The van der Waals surface area contributed by atoms with E-state index in [1.165, 1.54) is 11.8 Å². The second-order valence-electron chi connectivity index (χ2n) is 1.57.